The first kappa shape index (κ1) is 15.3. The van der Waals surface area contributed by atoms with Crippen LogP contribution in [0.4, 0.5) is 0 Å². The van der Waals surface area contributed by atoms with E-state index in [4.69, 9.17) is 11.6 Å². The molecule has 1 aromatic rings. The Hall–Kier alpha value is -0.0900. The van der Waals surface area contributed by atoms with Gasteiger partial charge in [0.1, 0.15) is 0 Å². The molecule has 1 saturated heterocycles. The summed E-state index contributed by atoms with van der Waals surface area (Å²) in [6.45, 7) is 8.95. The van der Waals surface area contributed by atoms with E-state index in [9.17, 15) is 0 Å². The van der Waals surface area contributed by atoms with E-state index >= 15 is 0 Å². The second-order valence-corrected chi connectivity index (χ2v) is 6.57. The van der Waals surface area contributed by atoms with Gasteiger partial charge in [-0.2, -0.15) is 0 Å². The Morgan fingerprint density at radius 3 is 2.68 bits per heavy atom. The van der Waals surface area contributed by atoms with E-state index in [-0.39, 0.29) is 0 Å². The minimum absolute atomic E-state index is 0.445. The van der Waals surface area contributed by atoms with E-state index in [1.807, 2.05) is 6.07 Å². The van der Waals surface area contributed by atoms with Gasteiger partial charge >= 0.3 is 0 Å². The molecule has 2 atom stereocenters. The maximum absolute atomic E-state index is 6.20. The summed E-state index contributed by atoms with van der Waals surface area (Å²) < 4.78 is 1.17. The third kappa shape index (κ3) is 3.72. The van der Waals surface area contributed by atoms with Gasteiger partial charge in [-0.25, -0.2) is 0 Å². The third-order valence-corrected chi connectivity index (χ3v) is 4.96. The number of nitrogens with zero attached hydrogens (tertiary/aromatic N) is 1. The molecule has 0 aromatic heterocycles. The van der Waals surface area contributed by atoms with Gasteiger partial charge in [-0.15, -0.1) is 0 Å². The van der Waals surface area contributed by atoms with Gasteiger partial charge in [0.15, 0.2) is 0 Å². The molecule has 19 heavy (non-hydrogen) atoms. The van der Waals surface area contributed by atoms with Gasteiger partial charge in [-0.05, 0) is 29.7 Å². The van der Waals surface area contributed by atoms with Crippen molar-refractivity contribution < 1.29 is 0 Å². The molecule has 1 fully saturated rings. The Bertz CT molecular complexity index is 419. The molecule has 2 rings (SSSR count). The van der Waals surface area contributed by atoms with Gasteiger partial charge < -0.3 is 5.32 Å². The minimum Gasteiger partial charge on any atom is -0.314 e. The molecule has 0 bridgehead atoms. The Kier molecular flexibility index (Phi) is 5.70. The normalized spacial score (nSPS) is 20.2. The van der Waals surface area contributed by atoms with Gasteiger partial charge in [-0.1, -0.05) is 47.8 Å². The van der Waals surface area contributed by atoms with Crippen LogP contribution in [0.1, 0.15) is 31.9 Å². The van der Waals surface area contributed by atoms with Crippen molar-refractivity contribution in [1.82, 2.24) is 10.2 Å². The lowest BCUT2D eigenvalue weighted by atomic mass is 9.90. The molecule has 0 amide bonds. The highest BCUT2D eigenvalue weighted by Crippen LogP contribution is 2.36. The Morgan fingerprint density at radius 2 is 2.05 bits per heavy atom. The van der Waals surface area contributed by atoms with Crippen molar-refractivity contribution in [3.63, 3.8) is 0 Å². The smallest absolute Gasteiger partial charge is 0.0410 e. The van der Waals surface area contributed by atoms with Crippen LogP contribution in [0.15, 0.2) is 22.7 Å². The highest BCUT2D eigenvalue weighted by molar-refractivity contribution is 9.10. The van der Waals surface area contributed by atoms with Crippen LogP contribution in [0.2, 0.25) is 5.02 Å². The summed E-state index contributed by atoms with van der Waals surface area (Å²) in [4.78, 5) is 2.58. The Morgan fingerprint density at radius 1 is 1.37 bits per heavy atom. The molecule has 1 N–H and O–H groups in total. The maximum Gasteiger partial charge on any atom is 0.0410 e. The van der Waals surface area contributed by atoms with Crippen molar-refractivity contribution in [3.05, 3.63) is 33.3 Å². The number of nitrogens with one attached hydrogen (secondary N) is 1. The molecule has 1 heterocycles. The van der Waals surface area contributed by atoms with E-state index in [1.165, 1.54) is 16.5 Å². The highest BCUT2D eigenvalue weighted by atomic mass is 79.9. The molecule has 0 spiro atoms. The zero-order valence-electron chi connectivity index (χ0n) is 11.6. The summed E-state index contributed by atoms with van der Waals surface area (Å²) >= 11 is 9.89. The summed E-state index contributed by atoms with van der Waals surface area (Å²) in [6.07, 6.45) is 1.17. The van der Waals surface area contributed by atoms with Crippen LogP contribution in [0.3, 0.4) is 0 Å². The summed E-state index contributed by atoms with van der Waals surface area (Å²) in [6, 6.07) is 6.57. The number of halogens is 2. The van der Waals surface area contributed by atoms with Crippen LogP contribution in [0, 0.1) is 5.92 Å². The van der Waals surface area contributed by atoms with Crippen molar-refractivity contribution in [3.8, 4) is 0 Å². The topological polar surface area (TPSA) is 15.3 Å². The second kappa shape index (κ2) is 7.07. The Labute approximate surface area is 129 Å². The molecular weight excluding hydrogens is 324 g/mol. The lowest BCUT2D eigenvalue weighted by Gasteiger charge is -2.39. The van der Waals surface area contributed by atoms with E-state index in [0.717, 1.165) is 31.2 Å². The summed E-state index contributed by atoms with van der Waals surface area (Å²) in [5.74, 6) is 0.618. The van der Waals surface area contributed by atoms with E-state index in [2.05, 4.69) is 52.1 Å². The molecule has 0 radical (unpaired) electrons. The average molecular weight is 346 g/mol. The first-order valence-corrected chi connectivity index (χ1v) is 8.20. The predicted molar refractivity (Wildman–Crippen MR) is 85.8 cm³/mol. The van der Waals surface area contributed by atoms with Gasteiger partial charge in [0.25, 0.3) is 0 Å². The van der Waals surface area contributed by atoms with Crippen LogP contribution in [-0.4, -0.2) is 31.1 Å². The predicted octanol–water partition coefficient (Wildman–Crippen LogP) is 4.09. The van der Waals surface area contributed by atoms with Crippen molar-refractivity contribution in [2.24, 2.45) is 5.92 Å². The maximum atomic E-state index is 6.20. The Balaban J connectivity index is 2.33. The number of hydrogen-bond donors (Lipinski definition) is 1. The van der Waals surface area contributed by atoms with Crippen LogP contribution in [0.25, 0.3) is 0 Å². The number of rotatable bonds is 4. The zero-order chi connectivity index (χ0) is 13.8. The number of benzene rings is 1. The van der Waals surface area contributed by atoms with Crippen LogP contribution >= 0.6 is 27.5 Å². The average Bonchev–Trinajstić information content (AvgIpc) is 2.44. The summed E-state index contributed by atoms with van der Waals surface area (Å²) in [7, 11) is 0. The molecule has 1 aliphatic heterocycles. The van der Waals surface area contributed by atoms with Gasteiger partial charge in [0, 0.05) is 41.7 Å². The zero-order valence-corrected chi connectivity index (χ0v) is 14.0. The standard InChI is InChI=1S/C15H22BrClN2/c1-3-11(2)15(19-8-6-18-7-9-19)13-10-12(17)4-5-14(13)16/h4-5,10-11,15,18H,3,6-9H2,1-2H3/t11?,15-/m1/s1. The van der Waals surface area contributed by atoms with E-state index in [0.29, 0.717) is 12.0 Å². The molecule has 1 aromatic carbocycles. The fourth-order valence-corrected chi connectivity index (χ4v) is 3.45. The van der Waals surface area contributed by atoms with Crippen molar-refractivity contribution in [1.29, 1.82) is 0 Å². The minimum atomic E-state index is 0.445. The molecule has 4 heteroatoms. The fourth-order valence-electron chi connectivity index (χ4n) is 2.79. The van der Waals surface area contributed by atoms with Gasteiger partial charge in [-0.3, -0.25) is 4.90 Å². The SMILES string of the molecule is CCC(C)[C@H](c1cc(Cl)ccc1Br)N1CCNCC1. The van der Waals surface area contributed by atoms with Crippen molar-refractivity contribution >= 4 is 27.5 Å². The molecule has 2 nitrogen and oxygen atoms in total. The first-order valence-electron chi connectivity index (χ1n) is 7.03. The summed E-state index contributed by atoms with van der Waals surface area (Å²) in [5, 5.41) is 4.25. The quantitative estimate of drug-likeness (QED) is 0.884. The molecular formula is C15H22BrClN2. The molecule has 0 aliphatic carbocycles. The second-order valence-electron chi connectivity index (χ2n) is 5.28. The lowest BCUT2D eigenvalue weighted by Crippen LogP contribution is -2.46. The van der Waals surface area contributed by atoms with Crippen LogP contribution in [0.5, 0.6) is 0 Å². The molecule has 1 unspecified atom stereocenters. The highest BCUT2D eigenvalue weighted by Gasteiger charge is 2.27. The first-order chi connectivity index (χ1) is 9.13. The summed E-state index contributed by atoms with van der Waals surface area (Å²) in [5.41, 5.74) is 1.32. The van der Waals surface area contributed by atoms with Gasteiger partial charge in [0.05, 0.1) is 0 Å². The molecule has 0 saturated carbocycles. The van der Waals surface area contributed by atoms with Crippen molar-refractivity contribution in [2.75, 3.05) is 26.2 Å². The molecule has 106 valence electrons. The lowest BCUT2D eigenvalue weighted by molar-refractivity contribution is 0.128. The van der Waals surface area contributed by atoms with Crippen LogP contribution < -0.4 is 5.32 Å². The van der Waals surface area contributed by atoms with Crippen molar-refractivity contribution in [2.45, 2.75) is 26.3 Å². The largest absolute Gasteiger partial charge is 0.314 e. The number of piperazine rings is 1. The van der Waals surface area contributed by atoms with Gasteiger partial charge in [0.2, 0.25) is 0 Å². The third-order valence-electron chi connectivity index (χ3n) is 4.00. The fraction of sp³-hybridized carbons (Fsp3) is 0.600. The number of hydrogen-bond acceptors (Lipinski definition) is 2. The monoisotopic (exact) mass is 344 g/mol. The molecule has 1 aliphatic rings. The van der Waals surface area contributed by atoms with E-state index in [1.54, 1.807) is 0 Å². The van der Waals surface area contributed by atoms with E-state index < -0.39 is 0 Å². The van der Waals surface area contributed by atoms with Crippen LogP contribution in [-0.2, 0) is 0 Å².